The molecule has 0 saturated heterocycles. The van der Waals surface area contributed by atoms with Gasteiger partial charge in [0.05, 0.1) is 33.9 Å². The summed E-state index contributed by atoms with van der Waals surface area (Å²) in [6.07, 6.45) is 4.25. The first-order valence-corrected chi connectivity index (χ1v) is 8.01. The van der Waals surface area contributed by atoms with Gasteiger partial charge in [0.25, 0.3) is 0 Å². The van der Waals surface area contributed by atoms with Crippen LogP contribution < -0.4 is 5.73 Å². The number of primary amides is 1. The van der Waals surface area contributed by atoms with Gasteiger partial charge in [-0.2, -0.15) is 5.10 Å². The number of aromatic nitrogens is 5. The number of thiazole rings is 1. The summed E-state index contributed by atoms with van der Waals surface area (Å²) in [6.45, 7) is 4.01. The maximum absolute atomic E-state index is 11.2. The Morgan fingerprint density at radius 2 is 2.22 bits per heavy atom. The van der Waals surface area contributed by atoms with E-state index in [0.717, 1.165) is 27.7 Å². The molecule has 118 valence electrons. The molecule has 0 atom stereocenters. The van der Waals surface area contributed by atoms with Crippen LogP contribution in [0.5, 0.6) is 0 Å². The van der Waals surface area contributed by atoms with Gasteiger partial charge in [-0.1, -0.05) is 6.92 Å². The van der Waals surface area contributed by atoms with Gasteiger partial charge in [-0.15, -0.1) is 11.3 Å². The van der Waals surface area contributed by atoms with E-state index in [2.05, 4.69) is 27.0 Å². The van der Waals surface area contributed by atoms with E-state index in [1.807, 2.05) is 19.1 Å². The predicted molar refractivity (Wildman–Crippen MR) is 87.3 cm³/mol. The van der Waals surface area contributed by atoms with Crippen molar-refractivity contribution >= 4 is 17.2 Å². The number of hydrogen-bond acceptors (Lipinski definition) is 6. The summed E-state index contributed by atoms with van der Waals surface area (Å²) >= 11 is 1.58. The fourth-order valence-corrected chi connectivity index (χ4v) is 3.18. The lowest BCUT2D eigenvalue weighted by Crippen LogP contribution is -2.14. The highest BCUT2D eigenvalue weighted by atomic mass is 32.1. The molecule has 0 saturated carbocycles. The van der Waals surface area contributed by atoms with E-state index in [1.165, 1.54) is 0 Å². The monoisotopic (exact) mass is 328 g/mol. The summed E-state index contributed by atoms with van der Waals surface area (Å²) in [6, 6.07) is 3.71. The Balaban J connectivity index is 2.15. The standard InChI is InChI=1S/C15H16N6OS/c1-3-13-18-9(2)14(23-13)15-19-12(7-11(16)22)20-21(15)10-5-4-6-17-8-10/h4-6,8H,3,7H2,1-2H3,(H2,16,22). The van der Waals surface area contributed by atoms with Crippen LogP contribution in [0.15, 0.2) is 24.5 Å². The summed E-state index contributed by atoms with van der Waals surface area (Å²) in [4.78, 5) is 25.3. The second kappa shape index (κ2) is 6.25. The Labute approximate surface area is 137 Å². The van der Waals surface area contributed by atoms with Gasteiger partial charge in [-0.25, -0.2) is 14.6 Å². The molecule has 0 fully saturated rings. The van der Waals surface area contributed by atoms with Gasteiger partial charge in [0, 0.05) is 6.20 Å². The summed E-state index contributed by atoms with van der Waals surface area (Å²) in [5.41, 5.74) is 6.94. The van der Waals surface area contributed by atoms with Gasteiger partial charge in [-0.05, 0) is 25.5 Å². The van der Waals surface area contributed by atoms with Crippen molar-refractivity contribution < 1.29 is 4.79 Å². The second-order valence-electron chi connectivity index (χ2n) is 4.99. The fraction of sp³-hybridized carbons (Fsp3) is 0.267. The summed E-state index contributed by atoms with van der Waals surface area (Å²) in [7, 11) is 0. The van der Waals surface area contributed by atoms with Crippen LogP contribution in [0, 0.1) is 6.92 Å². The number of hydrogen-bond donors (Lipinski definition) is 1. The highest BCUT2D eigenvalue weighted by Crippen LogP contribution is 2.30. The van der Waals surface area contributed by atoms with E-state index < -0.39 is 5.91 Å². The molecule has 2 N–H and O–H groups in total. The molecule has 0 aliphatic carbocycles. The van der Waals surface area contributed by atoms with Gasteiger partial charge < -0.3 is 5.73 Å². The summed E-state index contributed by atoms with van der Waals surface area (Å²) in [5.74, 6) is 0.585. The van der Waals surface area contributed by atoms with Crippen molar-refractivity contribution in [3.05, 3.63) is 41.1 Å². The smallest absolute Gasteiger partial charge is 0.225 e. The molecule has 0 aromatic carbocycles. The van der Waals surface area contributed by atoms with E-state index >= 15 is 0 Å². The van der Waals surface area contributed by atoms with E-state index in [4.69, 9.17) is 5.73 Å². The molecule has 23 heavy (non-hydrogen) atoms. The Morgan fingerprint density at radius 1 is 1.39 bits per heavy atom. The van der Waals surface area contributed by atoms with Crippen molar-refractivity contribution in [1.82, 2.24) is 24.7 Å². The summed E-state index contributed by atoms with van der Waals surface area (Å²) in [5, 5.41) is 5.45. The van der Waals surface area contributed by atoms with Crippen LogP contribution in [0.2, 0.25) is 0 Å². The molecule has 3 heterocycles. The van der Waals surface area contributed by atoms with Crippen molar-refractivity contribution in [3.8, 4) is 16.4 Å². The minimum absolute atomic E-state index is 0.00124. The zero-order chi connectivity index (χ0) is 16.4. The maximum atomic E-state index is 11.2. The van der Waals surface area contributed by atoms with Gasteiger partial charge >= 0.3 is 0 Å². The van der Waals surface area contributed by atoms with Crippen LogP contribution in [0.3, 0.4) is 0 Å². The molecular weight excluding hydrogens is 312 g/mol. The third-order valence-corrected chi connectivity index (χ3v) is 4.52. The minimum atomic E-state index is -0.463. The van der Waals surface area contributed by atoms with Crippen molar-refractivity contribution in [2.75, 3.05) is 0 Å². The van der Waals surface area contributed by atoms with E-state index in [9.17, 15) is 4.79 Å². The first-order valence-electron chi connectivity index (χ1n) is 7.19. The Bertz CT molecular complexity index is 839. The first-order chi connectivity index (χ1) is 11.1. The number of nitrogens with zero attached hydrogens (tertiary/aromatic N) is 5. The van der Waals surface area contributed by atoms with Gasteiger partial charge in [0.2, 0.25) is 5.91 Å². The van der Waals surface area contributed by atoms with Crippen LogP contribution in [-0.2, 0) is 17.6 Å². The van der Waals surface area contributed by atoms with Crippen LogP contribution in [0.1, 0.15) is 23.4 Å². The number of nitrogens with two attached hydrogens (primary N) is 1. The first kappa shape index (κ1) is 15.3. The van der Waals surface area contributed by atoms with E-state index in [1.54, 1.807) is 28.4 Å². The number of amides is 1. The van der Waals surface area contributed by atoms with Crippen molar-refractivity contribution in [2.24, 2.45) is 5.73 Å². The SMILES string of the molecule is CCc1nc(C)c(-c2nc(CC(N)=O)nn2-c2cccnc2)s1. The topological polar surface area (TPSA) is 99.6 Å². The number of pyridine rings is 1. The van der Waals surface area contributed by atoms with Gasteiger partial charge in [0.15, 0.2) is 11.6 Å². The molecule has 3 rings (SSSR count). The Morgan fingerprint density at radius 3 is 2.83 bits per heavy atom. The quantitative estimate of drug-likeness (QED) is 0.768. The normalized spacial score (nSPS) is 10.9. The molecule has 0 radical (unpaired) electrons. The lowest BCUT2D eigenvalue weighted by atomic mass is 10.3. The van der Waals surface area contributed by atoms with Crippen molar-refractivity contribution in [3.63, 3.8) is 0 Å². The summed E-state index contributed by atoms with van der Waals surface area (Å²) < 4.78 is 1.69. The lowest BCUT2D eigenvalue weighted by Gasteiger charge is -2.03. The molecule has 0 unspecified atom stereocenters. The molecule has 7 nitrogen and oxygen atoms in total. The van der Waals surface area contributed by atoms with E-state index in [0.29, 0.717) is 11.6 Å². The Kier molecular flexibility index (Phi) is 4.16. The molecule has 0 spiro atoms. The minimum Gasteiger partial charge on any atom is -0.369 e. The van der Waals surface area contributed by atoms with Crippen molar-refractivity contribution in [1.29, 1.82) is 0 Å². The van der Waals surface area contributed by atoms with Crippen molar-refractivity contribution in [2.45, 2.75) is 26.7 Å². The Hall–Kier alpha value is -2.61. The molecule has 0 aliphatic heterocycles. The third-order valence-electron chi connectivity index (χ3n) is 3.22. The predicted octanol–water partition coefficient (Wildman–Crippen LogP) is 1.68. The highest BCUT2D eigenvalue weighted by Gasteiger charge is 2.19. The van der Waals surface area contributed by atoms with Crippen LogP contribution >= 0.6 is 11.3 Å². The average Bonchev–Trinajstić information content (AvgIpc) is 3.10. The largest absolute Gasteiger partial charge is 0.369 e. The molecule has 0 aliphatic rings. The molecule has 3 aromatic heterocycles. The highest BCUT2D eigenvalue weighted by molar-refractivity contribution is 7.15. The zero-order valence-electron chi connectivity index (χ0n) is 12.9. The van der Waals surface area contributed by atoms with Crippen LogP contribution in [-0.4, -0.2) is 30.6 Å². The molecule has 0 bridgehead atoms. The average molecular weight is 328 g/mol. The van der Waals surface area contributed by atoms with Gasteiger partial charge in [-0.3, -0.25) is 9.78 Å². The molecular formula is C15H16N6OS. The zero-order valence-corrected chi connectivity index (χ0v) is 13.7. The van der Waals surface area contributed by atoms with Crippen LogP contribution in [0.25, 0.3) is 16.4 Å². The molecule has 8 heteroatoms. The fourth-order valence-electron chi connectivity index (χ4n) is 2.20. The molecule has 3 aromatic rings. The lowest BCUT2D eigenvalue weighted by molar-refractivity contribution is -0.117. The number of carbonyl (C=O) groups is 1. The second-order valence-corrected chi connectivity index (χ2v) is 6.08. The molecule has 1 amide bonds. The number of rotatable bonds is 5. The van der Waals surface area contributed by atoms with Gasteiger partial charge in [0.1, 0.15) is 0 Å². The van der Waals surface area contributed by atoms with Crippen LogP contribution in [0.4, 0.5) is 0 Å². The number of carbonyl (C=O) groups excluding carboxylic acids is 1. The van der Waals surface area contributed by atoms with E-state index in [-0.39, 0.29) is 6.42 Å². The number of aryl methyl sites for hydroxylation is 2. The third kappa shape index (κ3) is 3.11. The maximum Gasteiger partial charge on any atom is 0.225 e.